The van der Waals surface area contributed by atoms with Gasteiger partial charge in [-0.3, -0.25) is 0 Å². The van der Waals surface area contributed by atoms with Gasteiger partial charge in [0.2, 0.25) is 10.0 Å². The molecule has 2 aromatic carbocycles. The van der Waals surface area contributed by atoms with Crippen molar-refractivity contribution >= 4 is 15.7 Å². The molecule has 0 saturated heterocycles. The third-order valence-electron chi connectivity index (χ3n) is 3.56. The lowest BCUT2D eigenvalue weighted by Gasteiger charge is -2.20. The smallest absolute Gasteiger partial charge is 0.245 e. The third-order valence-corrected chi connectivity index (χ3v) is 5.59. The maximum atomic E-state index is 12.7. The number of anilines is 1. The van der Waals surface area contributed by atoms with Crippen LogP contribution >= 0.6 is 0 Å². The number of sulfonamides is 1. The minimum absolute atomic E-state index is 0.195. The molecular formula is C16H20N2O2S. The molecule has 21 heavy (non-hydrogen) atoms. The molecule has 0 unspecified atom stereocenters. The maximum Gasteiger partial charge on any atom is 0.245 e. The van der Waals surface area contributed by atoms with Gasteiger partial charge in [-0.25, -0.2) is 8.42 Å². The van der Waals surface area contributed by atoms with Gasteiger partial charge in [0.05, 0.1) is 5.69 Å². The van der Waals surface area contributed by atoms with E-state index in [2.05, 4.69) is 0 Å². The van der Waals surface area contributed by atoms with Crippen LogP contribution in [0.3, 0.4) is 0 Å². The van der Waals surface area contributed by atoms with E-state index < -0.39 is 10.0 Å². The van der Waals surface area contributed by atoms with Crippen molar-refractivity contribution in [3.8, 4) is 0 Å². The maximum absolute atomic E-state index is 12.7. The van der Waals surface area contributed by atoms with Crippen molar-refractivity contribution in [1.82, 2.24) is 4.31 Å². The summed E-state index contributed by atoms with van der Waals surface area (Å²) in [7, 11) is -2.03. The molecule has 2 rings (SSSR count). The van der Waals surface area contributed by atoms with Gasteiger partial charge in [-0.15, -0.1) is 0 Å². The lowest BCUT2D eigenvalue weighted by molar-refractivity contribution is 0.466. The molecule has 0 heterocycles. The zero-order valence-electron chi connectivity index (χ0n) is 12.5. The van der Waals surface area contributed by atoms with Crippen LogP contribution in [0.4, 0.5) is 5.69 Å². The highest BCUT2D eigenvalue weighted by Crippen LogP contribution is 2.26. The van der Waals surface area contributed by atoms with Crippen molar-refractivity contribution in [2.45, 2.75) is 25.3 Å². The van der Waals surface area contributed by atoms with Crippen LogP contribution in [0.2, 0.25) is 0 Å². The van der Waals surface area contributed by atoms with Crippen molar-refractivity contribution < 1.29 is 8.42 Å². The lowest BCUT2D eigenvalue weighted by Crippen LogP contribution is -2.28. The van der Waals surface area contributed by atoms with Gasteiger partial charge in [0.1, 0.15) is 4.90 Å². The largest absolute Gasteiger partial charge is 0.398 e. The SMILES string of the molecule is Cc1ccccc1CN(C)S(=O)(=O)c1c(C)cccc1N. The first-order chi connectivity index (χ1) is 9.84. The van der Waals surface area contributed by atoms with Crippen molar-refractivity contribution in [2.75, 3.05) is 12.8 Å². The molecule has 0 aliphatic rings. The Hall–Kier alpha value is -1.85. The van der Waals surface area contributed by atoms with E-state index in [1.807, 2.05) is 31.2 Å². The Bertz CT molecular complexity index is 734. The second-order valence-electron chi connectivity index (χ2n) is 5.18. The molecule has 0 amide bonds. The summed E-state index contributed by atoms with van der Waals surface area (Å²) in [6.45, 7) is 4.05. The van der Waals surface area contributed by atoms with Crippen molar-refractivity contribution in [2.24, 2.45) is 0 Å². The minimum Gasteiger partial charge on any atom is -0.398 e. The van der Waals surface area contributed by atoms with Gasteiger partial charge in [-0.2, -0.15) is 4.31 Å². The second-order valence-corrected chi connectivity index (χ2v) is 7.16. The first kappa shape index (κ1) is 15.5. The summed E-state index contributed by atoms with van der Waals surface area (Å²) in [6.07, 6.45) is 0. The minimum atomic E-state index is -3.61. The molecule has 2 N–H and O–H groups in total. The highest BCUT2D eigenvalue weighted by Gasteiger charge is 2.25. The molecule has 0 aliphatic carbocycles. The van der Waals surface area contributed by atoms with Crippen LogP contribution in [0.1, 0.15) is 16.7 Å². The second kappa shape index (κ2) is 5.87. The molecule has 0 spiro atoms. The fourth-order valence-corrected chi connectivity index (χ4v) is 3.76. The van der Waals surface area contributed by atoms with E-state index in [4.69, 9.17) is 5.73 Å². The molecule has 0 bridgehead atoms. The molecule has 4 nitrogen and oxygen atoms in total. The van der Waals surface area contributed by atoms with Crippen LogP contribution in [0.5, 0.6) is 0 Å². The summed E-state index contributed by atoms with van der Waals surface area (Å²) in [5, 5.41) is 0. The Morgan fingerprint density at radius 3 is 2.24 bits per heavy atom. The molecule has 0 atom stereocenters. The zero-order chi connectivity index (χ0) is 15.6. The highest BCUT2D eigenvalue weighted by atomic mass is 32.2. The van der Waals surface area contributed by atoms with Crippen molar-refractivity contribution in [3.05, 3.63) is 59.2 Å². The fourth-order valence-electron chi connectivity index (χ4n) is 2.30. The molecule has 5 heteroatoms. The molecule has 0 saturated carbocycles. The number of nitrogen functional groups attached to an aromatic ring is 1. The Labute approximate surface area is 126 Å². The van der Waals surface area contributed by atoms with E-state index >= 15 is 0 Å². The zero-order valence-corrected chi connectivity index (χ0v) is 13.3. The quantitative estimate of drug-likeness (QED) is 0.883. The third kappa shape index (κ3) is 3.09. The highest BCUT2D eigenvalue weighted by molar-refractivity contribution is 7.89. The van der Waals surface area contributed by atoms with Crippen molar-refractivity contribution in [1.29, 1.82) is 0 Å². The summed E-state index contributed by atoms with van der Waals surface area (Å²) in [5.41, 5.74) is 8.85. The van der Waals surface area contributed by atoms with Crippen LogP contribution in [0.15, 0.2) is 47.4 Å². The number of aryl methyl sites for hydroxylation is 2. The molecule has 0 aliphatic heterocycles. The molecule has 0 aromatic heterocycles. The summed E-state index contributed by atoms with van der Waals surface area (Å²) < 4.78 is 26.8. The number of hydrogen-bond acceptors (Lipinski definition) is 3. The number of benzene rings is 2. The van der Waals surface area contributed by atoms with Crippen LogP contribution in [0.25, 0.3) is 0 Å². The summed E-state index contributed by atoms with van der Waals surface area (Å²) in [6, 6.07) is 12.9. The Morgan fingerprint density at radius 2 is 1.62 bits per heavy atom. The standard InChI is InChI=1S/C16H20N2O2S/c1-12-7-4-5-9-14(12)11-18(3)21(19,20)16-13(2)8-6-10-15(16)17/h4-10H,11,17H2,1-3H3. The summed E-state index contributed by atoms with van der Waals surface area (Å²) >= 11 is 0. The Kier molecular flexibility index (Phi) is 4.34. The Morgan fingerprint density at radius 1 is 1.00 bits per heavy atom. The average molecular weight is 304 g/mol. The van der Waals surface area contributed by atoms with Gasteiger partial charge in [0.15, 0.2) is 0 Å². The van der Waals surface area contributed by atoms with E-state index in [0.717, 1.165) is 11.1 Å². The molecule has 112 valence electrons. The number of hydrogen-bond donors (Lipinski definition) is 1. The van der Waals surface area contributed by atoms with Gasteiger partial charge in [0, 0.05) is 13.6 Å². The number of rotatable bonds is 4. The monoisotopic (exact) mass is 304 g/mol. The summed E-state index contributed by atoms with van der Waals surface area (Å²) in [4.78, 5) is 0.195. The first-order valence-corrected chi connectivity index (χ1v) is 8.14. The molecular weight excluding hydrogens is 284 g/mol. The molecule has 0 radical (unpaired) electrons. The van der Waals surface area contributed by atoms with Gasteiger partial charge < -0.3 is 5.73 Å². The van der Waals surface area contributed by atoms with E-state index in [9.17, 15) is 8.42 Å². The van der Waals surface area contributed by atoms with E-state index in [-0.39, 0.29) is 10.6 Å². The first-order valence-electron chi connectivity index (χ1n) is 6.70. The number of nitrogens with two attached hydrogens (primary N) is 1. The van der Waals surface area contributed by atoms with Crippen LogP contribution < -0.4 is 5.73 Å². The predicted molar refractivity (Wildman–Crippen MR) is 85.4 cm³/mol. The molecule has 2 aromatic rings. The van der Waals surface area contributed by atoms with Gasteiger partial charge in [0.25, 0.3) is 0 Å². The Balaban J connectivity index is 2.38. The average Bonchev–Trinajstić information content (AvgIpc) is 2.40. The van der Waals surface area contributed by atoms with Crippen molar-refractivity contribution in [3.63, 3.8) is 0 Å². The van der Waals surface area contributed by atoms with Crippen LogP contribution in [-0.4, -0.2) is 19.8 Å². The normalized spacial score (nSPS) is 11.8. The van der Waals surface area contributed by atoms with E-state index in [0.29, 0.717) is 12.1 Å². The lowest BCUT2D eigenvalue weighted by atomic mass is 10.1. The van der Waals surface area contributed by atoms with E-state index in [1.165, 1.54) is 4.31 Å². The van der Waals surface area contributed by atoms with Gasteiger partial charge >= 0.3 is 0 Å². The van der Waals surface area contributed by atoms with Gasteiger partial charge in [-0.1, -0.05) is 36.4 Å². The topological polar surface area (TPSA) is 63.4 Å². The summed E-state index contributed by atoms with van der Waals surface area (Å²) in [5.74, 6) is 0. The van der Waals surface area contributed by atoms with Gasteiger partial charge in [-0.05, 0) is 36.6 Å². The fraction of sp³-hybridized carbons (Fsp3) is 0.250. The molecule has 0 fully saturated rings. The van der Waals surface area contributed by atoms with Crippen LogP contribution in [-0.2, 0) is 16.6 Å². The number of nitrogens with zero attached hydrogens (tertiary/aromatic N) is 1. The van der Waals surface area contributed by atoms with Crippen LogP contribution in [0, 0.1) is 13.8 Å². The van der Waals surface area contributed by atoms with E-state index in [1.54, 1.807) is 32.2 Å². The predicted octanol–water partition coefficient (Wildman–Crippen LogP) is 2.71.